The standard InChI is InChI=1S/C20H26FNO3S/c1-7-26(23,24)22-16-8-9-18(17(12-16)20(4,5)6)25-19-13(2)10-15(21)11-14(19)3/h8-12,22H,7H2,1-6H3. The Kier molecular flexibility index (Phi) is 5.66. The van der Waals surface area contributed by atoms with E-state index in [1.807, 2.05) is 20.8 Å². The third kappa shape index (κ3) is 4.75. The molecule has 0 aliphatic heterocycles. The second kappa shape index (κ2) is 7.27. The van der Waals surface area contributed by atoms with Gasteiger partial charge in [0.2, 0.25) is 10.0 Å². The lowest BCUT2D eigenvalue weighted by molar-refractivity contribution is 0.448. The van der Waals surface area contributed by atoms with Gasteiger partial charge in [-0.25, -0.2) is 12.8 Å². The largest absolute Gasteiger partial charge is 0.457 e. The summed E-state index contributed by atoms with van der Waals surface area (Å²) in [5, 5.41) is 0. The van der Waals surface area contributed by atoms with Crippen LogP contribution in [0.25, 0.3) is 0 Å². The monoisotopic (exact) mass is 379 g/mol. The van der Waals surface area contributed by atoms with E-state index in [1.165, 1.54) is 12.1 Å². The third-order valence-electron chi connectivity index (χ3n) is 4.08. The van der Waals surface area contributed by atoms with E-state index in [0.29, 0.717) is 28.3 Å². The quantitative estimate of drug-likeness (QED) is 0.767. The highest BCUT2D eigenvalue weighted by Crippen LogP contribution is 2.38. The van der Waals surface area contributed by atoms with Crippen LogP contribution in [-0.4, -0.2) is 14.2 Å². The molecule has 0 aliphatic rings. The molecule has 26 heavy (non-hydrogen) atoms. The van der Waals surface area contributed by atoms with Crippen molar-refractivity contribution in [3.8, 4) is 11.5 Å². The average molecular weight is 379 g/mol. The molecule has 0 saturated carbocycles. The fraction of sp³-hybridized carbons (Fsp3) is 0.400. The van der Waals surface area contributed by atoms with Gasteiger partial charge < -0.3 is 4.74 Å². The topological polar surface area (TPSA) is 55.4 Å². The van der Waals surface area contributed by atoms with Crippen molar-refractivity contribution in [2.24, 2.45) is 0 Å². The summed E-state index contributed by atoms with van der Waals surface area (Å²) >= 11 is 0. The summed E-state index contributed by atoms with van der Waals surface area (Å²) < 4.78 is 45.9. The van der Waals surface area contributed by atoms with Crippen molar-refractivity contribution in [1.29, 1.82) is 0 Å². The van der Waals surface area contributed by atoms with Crippen LogP contribution in [0.5, 0.6) is 11.5 Å². The highest BCUT2D eigenvalue weighted by molar-refractivity contribution is 7.92. The Bertz CT molecular complexity index is 892. The molecule has 0 saturated heterocycles. The molecule has 142 valence electrons. The molecule has 0 aromatic heterocycles. The number of sulfonamides is 1. The number of ether oxygens (including phenoxy) is 1. The minimum atomic E-state index is -3.36. The summed E-state index contributed by atoms with van der Waals surface area (Å²) in [5.41, 5.74) is 2.50. The predicted octanol–water partition coefficient (Wildman–Crippen LogP) is 5.29. The van der Waals surface area contributed by atoms with E-state index in [9.17, 15) is 12.8 Å². The summed E-state index contributed by atoms with van der Waals surface area (Å²) in [6.07, 6.45) is 0. The molecule has 2 rings (SSSR count). The first kappa shape index (κ1) is 20.2. The van der Waals surface area contributed by atoms with Gasteiger partial charge >= 0.3 is 0 Å². The van der Waals surface area contributed by atoms with Crippen molar-refractivity contribution in [3.05, 3.63) is 52.8 Å². The van der Waals surface area contributed by atoms with Crippen molar-refractivity contribution < 1.29 is 17.5 Å². The highest BCUT2D eigenvalue weighted by Gasteiger charge is 2.22. The van der Waals surface area contributed by atoms with Gasteiger partial charge in [0, 0.05) is 11.3 Å². The molecule has 0 spiro atoms. The van der Waals surface area contributed by atoms with Crippen LogP contribution in [0.4, 0.5) is 10.1 Å². The van der Waals surface area contributed by atoms with Crippen LogP contribution in [0.15, 0.2) is 30.3 Å². The van der Waals surface area contributed by atoms with Gasteiger partial charge in [0.1, 0.15) is 17.3 Å². The van der Waals surface area contributed by atoms with Crippen LogP contribution in [0.2, 0.25) is 0 Å². The van der Waals surface area contributed by atoms with Crippen molar-refractivity contribution in [2.45, 2.75) is 47.0 Å². The average Bonchev–Trinajstić information content (AvgIpc) is 2.50. The van der Waals surface area contributed by atoms with E-state index in [2.05, 4.69) is 4.72 Å². The molecule has 0 fully saturated rings. The zero-order chi connectivity index (χ0) is 19.7. The molecule has 4 nitrogen and oxygen atoms in total. The first-order chi connectivity index (χ1) is 11.9. The number of halogens is 1. The molecule has 6 heteroatoms. The maximum atomic E-state index is 13.5. The zero-order valence-electron chi connectivity index (χ0n) is 16.1. The van der Waals surface area contributed by atoms with Crippen molar-refractivity contribution in [2.75, 3.05) is 10.5 Å². The summed E-state index contributed by atoms with van der Waals surface area (Å²) in [6.45, 7) is 11.3. The third-order valence-corrected chi connectivity index (χ3v) is 5.38. The second-order valence-electron chi connectivity index (χ2n) is 7.44. The van der Waals surface area contributed by atoms with Crippen molar-refractivity contribution in [3.63, 3.8) is 0 Å². The fourth-order valence-electron chi connectivity index (χ4n) is 2.69. The molecular formula is C20H26FNO3S. The van der Waals surface area contributed by atoms with E-state index in [4.69, 9.17) is 4.74 Å². The number of rotatable bonds is 5. The zero-order valence-corrected chi connectivity index (χ0v) is 16.9. The SMILES string of the molecule is CCS(=O)(=O)Nc1ccc(Oc2c(C)cc(F)cc2C)c(C(C)(C)C)c1. The van der Waals surface area contributed by atoms with Gasteiger partial charge in [0.25, 0.3) is 0 Å². The number of nitrogens with one attached hydrogen (secondary N) is 1. The molecule has 1 N–H and O–H groups in total. The minimum Gasteiger partial charge on any atom is -0.457 e. The molecule has 0 atom stereocenters. The highest BCUT2D eigenvalue weighted by atomic mass is 32.2. The van der Waals surface area contributed by atoms with Gasteiger partial charge in [0.05, 0.1) is 5.75 Å². The van der Waals surface area contributed by atoms with Gasteiger partial charge in [-0.15, -0.1) is 0 Å². The molecule has 0 unspecified atom stereocenters. The molecule has 0 bridgehead atoms. The van der Waals surface area contributed by atoms with Crippen molar-refractivity contribution in [1.82, 2.24) is 0 Å². The van der Waals surface area contributed by atoms with Crippen LogP contribution in [-0.2, 0) is 15.4 Å². The smallest absolute Gasteiger partial charge is 0.232 e. The molecule has 0 aliphatic carbocycles. The van der Waals surface area contributed by atoms with E-state index < -0.39 is 10.0 Å². The molecule has 0 radical (unpaired) electrons. The molecular weight excluding hydrogens is 353 g/mol. The molecule has 2 aromatic carbocycles. The summed E-state index contributed by atoms with van der Waals surface area (Å²) in [5.74, 6) is 0.936. The maximum Gasteiger partial charge on any atom is 0.232 e. The minimum absolute atomic E-state index is 0.00404. The maximum absolute atomic E-state index is 13.5. The van der Waals surface area contributed by atoms with Gasteiger partial charge in [-0.3, -0.25) is 4.72 Å². The predicted molar refractivity (Wildman–Crippen MR) is 104 cm³/mol. The number of aryl methyl sites for hydroxylation is 2. The van der Waals surface area contributed by atoms with Crippen LogP contribution >= 0.6 is 0 Å². The van der Waals surface area contributed by atoms with E-state index >= 15 is 0 Å². The first-order valence-electron chi connectivity index (χ1n) is 8.52. The summed E-state index contributed by atoms with van der Waals surface area (Å²) in [6, 6.07) is 8.07. The lowest BCUT2D eigenvalue weighted by Gasteiger charge is -2.24. The number of hydrogen-bond donors (Lipinski definition) is 1. The van der Waals surface area contributed by atoms with Crippen LogP contribution in [0.1, 0.15) is 44.4 Å². The van der Waals surface area contributed by atoms with Crippen LogP contribution < -0.4 is 9.46 Å². The van der Waals surface area contributed by atoms with Crippen LogP contribution in [0.3, 0.4) is 0 Å². The Hall–Kier alpha value is -2.08. The van der Waals surface area contributed by atoms with E-state index in [-0.39, 0.29) is 17.0 Å². The summed E-state index contributed by atoms with van der Waals surface area (Å²) in [7, 11) is -3.36. The van der Waals surface area contributed by atoms with Gasteiger partial charge in [-0.1, -0.05) is 20.8 Å². The number of anilines is 1. The normalized spacial score (nSPS) is 12.1. The van der Waals surface area contributed by atoms with Crippen molar-refractivity contribution >= 4 is 15.7 Å². The first-order valence-corrected chi connectivity index (χ1v) is 10.2. The Labute approximate surface area is 155 Å². The molecule has 0 amide bonds. The van der Waals surface area contributed by atoms with E-state index in [0.717, 1.165) is 5.56 Å². The Balaban J connectivity index is 2.49. The Morgan fingerprint density at radius 1 is 1.08 bits per heavy atom. The lowest BCUT2D eigenvalue weighted by atomic mass is 9.86. The Morgan fingerprint density at radius 2 is 1.65 bits per heavy atom. The van der Waals surface area contributed by atoms with E-state index in [1.54, 1.807) is 39.0 Å². The second-order valence-corrected chi connectivity index (χ2v) is 9.45. The van der Waals surface area contributed by atoms with Gasteiger partial charge in [-0.05, 0) is 67.6 Å². The fourth-order valence-corrected chi connectivity index (χ4v) is 3.32. The van der Waals surface area contributed by atoms with Crippen LogP contribution in [0, 0.1) is 19.7 Å². The summed E-state index contributed by atoms with van der Waals surface area (Å²) in [4.78, 5) is 0. The van der Waals surface area contributed by atoms with Gasteiger partial charge in [-0.2, -0.15) is 0 Å². The van der Waals surface area contributed by atoms with Gasteiger partial charge in [0.15, 0.2) is 0 Å². The number of benzene rings is 2. The Morgan fingerprint density at radius 3 is 2.15 bits per heavy atom. The molecule has 0 heterocycles. The molecule has 2 aromatic rings. The lowest BCUT2D eigenvalue weighted by Crippen LogP contribution is -2.17. The number of hydrogen-bond acceptors (Lipinski definition) is 3.